The minimum absolute atomic E-state index is 0. The Morgan fingerprint density at radius 1 is 0.460 bits per heavy atom. The first-order valence-corrected chi connectivity index (χ1v) is 16.4. The van der Waals surface area contributed by atoms with Gasteiger partial charge in [0.1, 0.15) is 0 Å². The van der Waals surface area contributed by atoms with E-state index in [1.54, 1.807) is 0 Å². The van der Waals surface area contributed by atoms with E-state index >= 15 is 0 Å². The quantitative estimate of drug-likeness (QED) is 0.183. The summed E-state index contributed by atoms with van der Waals surface area (Å²) in [6.45, 7) is 0. The molecule has 235 valence electrons. The molecule has 0 unspecified atom stereocenters. The first kappa shape index (κ1) is 34.0. The van der Waals surface area contributed by atoms with E-state index in [0.717, 1.165) is 6.42 Å². The summed E-state index contributed by atoms with van der Waals surface area (Å²) in [6, 6.07) is 53.5. The summed E-state index contributed by atoms with van der Waals surface area (Å²) in [4.78, 5) is 0. The average molecular weight is 756 g/mol. The molecule has 0 bridgehead atoms. The van der Waals surface area contributed by atoms with Crippen molar-refractivity contribution in [2.45, 2.75) is 6.42 Å². The fourth-order valence-corrected chi connectivity index (χ4v) is 8.13. The minimum atomic E-state index is 0. The second-order valence-corrected chi connectivity index (χ2v) is 12.6. The Morgan fingerprint density at radius 2 is 0.980 bits per heavy atom. The number of benzene rings is 8. The van der Waals surface area contributed by atoms with Gasteiger partial charge in [-0.15, -0.1) is 28.5 Å². The molecule has 8 aromatic rings. The summed E-state index contributed by atoms with van der Waals surface area (Å²) < 4.78 is 0. The molecule has 0 saturated heterocycles. The monoisotopic (exact) mass is 753 g/mol. The van der Waals surface area contributed by atoms with Crippen molar-refractivity contribution in [3.63, 3.8) is 0 Å². The molecule has 8 aromatic carbocycles. The Balaban J connectivity index is 0.00000131. The first-order chi connectivity index (χ1) is 23.3. The van der Waals surface area contributed by atoms with Crippen LogP contribution in [0.25, 0.3) is 71.4 Å². The second kappa shape index (κ2) is 13.7. The largest absolute Gasteiger partial charge is 3.00 e. The molecule has 1 radical (unpaired) electrons. The van der Waals surface area contributed by atoms with Gasteiger partial charge in [0.2, 0.25) is 0 Å². The Hall–Kier alpha value is -4.52. The third-order valence-electron chi connectivity index (χ3n) is 10.1. The SMILES string of the molecule is [C-]1=c2ccc(=C(c3cccc4ccccc34)c3cccc4ccccc34)c(C3=CC=CC3)c2-c2c1c1ccccc1c1ccccc21.[Cl-].[Cl-].[Zr+3]. The number of allylic oxidation sites excluding steroid dienone is 4. The number of rotatable bonds is 3. The van der Waals surface area contributed by atoms with Crippen LogP contribution in [0, 0.1) is 0 Å². The Bertz CT molecular complexity index is 2730. The van der Waals surface area contributed by atoms with E-state index in [2.05, 4.69) is 170 Å². The molecule has 0 nitrogen and oxygen atoms in total. The molecule has 0 saturated carbocycles. The second-order valence-electron chi connectivity index (χ2n) is 12.6. The Kier molecular flexibility index (Phi) is 9.27. The van der Waals surface area contributed by atoms with Gasteiger partial charge in [-0.3, -0.25) is 0 Å². The van der Waals surface area contributed by atoms with Gasteiger partial charge in [-0.05, 0) is 71.8 Å². The van der Waals surface area contributed by atoms with Gasteiger partial charge in [0.25, 0.3) is 0 Å². The Labute approximate surface area is 323 Å². The number of hydrogen-bond acceptors (Lipinski definition) is 0. The van der Waals surface area contributed by atoms with Crippen molar-refractivity contribution < 1.29 is 51.0 Å². The van der Waals surface area contributed by atoms with Crippen molar-refractivity contribution in [3.8, 4) is 11.1 Å². The number of hydrogen-bond donors (Lipinski definition) is 0. The minimum Gasteiger partial charge on any atom is -1.00 e. The van der Waals surface area contributed by atoms with Crippen molar-refractivity contribution >= 4 is 60.3 Å². The molecular formula is C47H29Cl2Zr. The van der Waals surface area contributed by atoms with Gasteiger partial charge in [-0.2, -0.15) is 0 Å². The normalized spacial score (nSPS) is 12.4. The van der Waals surface area contributed by atoms with E-state index in [0.29, 0.717) is 0 Å². The van der Waals surface area contributed by atoms with Gasteiger partial charge >= 0.3 is 26.2 Å². The summed E-state index contributed by atoms with van der Waals surface area (Å²) in [7, 11) is 0. The molecule has 0 fully saturated rings. The summed E-state index contributed by atoms with van der Waals surface area (Å²) in [6.07, 6.45) is 11.7. The molecule has 0 spiro atoms. The molecule has 0 aliphatic heterocycles. The third kappa shape index (κ3) is 5.15. The molecule has 0 N–H and O–H groups in total. The zero-order valence-electron chi connectivity index (χ0n) is 27.1. The van der Waals surface area contributed by atoms with Crippen LogP contribution in [-0.4, -0.2) is 0 Å². The predicted octanol–water partition coefficient (Wildman–Crippen LogP) is 4.58. The van der Waals surface area contributed by atoms with Crippen molar-refractivity contribution in [1.82, 2.24) is 0 Å². The van der Waals surface area contributed by atoms with Crippen LogP contribution in [0.4, 0.5) is 0 Å². The van der Waals surface area contributed by atoms with E-state index in [-0.39, 0.29) is 51.0 Å². The van der Waals surface area contributed by atoms with Crippen molar-refractivity contribution in [3.05, 3.63) is 197 Å². The van der Waals surface area contributed by atoms with Gasteiger partial charge in [-0.1, -0.05) is 174 Å². The van der Waals surface area contributed by atoms with Gasteiger partial charge in [0.05, 0.1) is 0 Å². The maximum atomic E-state index is 3.93. The van der Waals surface area contributed by atoms with E-state index in [1.165, 1.54) is 98.1 Å². The Morgan fingerprint density at radius 3 is 1.58 bits per heavy atom. The molecule has 50 heavy (non-hydrogen) atoms. The maximum Gasteiger partial charge on any atom is 3.00 e. The smallest absolute Gasteiger partial charge is 1.00 e. The molecule has 0 atom stereocenters. The summed E-state index contributed by atoms with van der Waals surface area (Å²) in [5, 5.41) is 12.6. The summed E-state index contributed by atoms with van der Waals surface area (Å²) >= 11 is 0. The number of fused-ring (bicyclic) bond motifs is 10. The van der Waals surface area contributed by atoms with Crippen LogP contribution in [0.2, 0.25) is 0 Å². The molecule has 10 rings (SSSR count). The van der Waals surface area contributed by atoms with Gasteiger partial charge in [0, 0.05) is 0 Å². The average Bonchev–Trinajstić information content (AvgIpc) is 3.81. The topological polar surface area (TPSA) is 0 Å². The van der Waals surface area contributed by atoms with E-state index in [1.807, 2.05) is 0 Å². The van der Waals surface area contributed by atoms with Gasteiger partial charge in [-0.25, -0.2) is 0 Å². The van der Waals surface area contributed by atoms with Crippen LogP contribution in [-0.2, 0) is 26.2 Å². The fourth-order valence-electron chi connectivity index (χ4n) is 8.13. The van der Waals surface area contributed by atoms with Crippen LogP contribution < -0.4 is 35.3 Å². The maximum absolute atomic E-state index is 3.93. The van der Waals surface area contributed by atoms with Crippen molar-refractivity contribution in [1.29, 1.82) is 0 Å². The standard InChI is InChI=1S/C47H29.2ClH.Zr/c1-2-16-32(15-1)44-42(28-27-33-29-43-38-23-8-7-21-36(38)37-22-9-10-24-41(37)47(43)45(33)44)46(39-25-11-17-30-13-3-5-19-34(30)39)40-26-12-18-31-14-4-6-20-35(31)40;;;/h1-15,17-28H,16H2;2*1H;/q-1;;;+3/p-2. The molecule has 3 heteroatoms. The zero-order valence-corrected chi connectivity index (χ0v) is 31.0. The number of halogens is 2. The van der Waals surface area contributed by atoms with Crippen LogP contribution >= 0.6 is 0 Å². The van der Waals surface area contributed by atoms with Gasteiger partial charge in [0.15, 0.2) is 0 Å². The van der Waals surface area contributed by atoms with Crippen molar-refractivity contribution in [2.24, 2.45) is 0 Å². The third-order valence-corrected chi connectivity index (χ3v) is 10.1. The van der Waals surface area contributed by atoms with E-state index < -0.39 is 0 Å². The molecule has 0 amide bonds. The van der Waals surface area contributed by atoms with Gasteiger partial charge < -0.3 is 24.8 Å². The van der Waals surface area contributed by atoms with Crippen molar-refractivity contribution in [2.75, 3.05) is 0 Å². The molecule has 0 aromatic heterocycles. The van der Waals surface area contributed by atoms with E-state index in [9.17, 15) is 0 Å². The van der Waals surface area contributed by atoms with Crippen LogP contribution in [0.3, 0.4) is 0 Å². The zero-order chi connectivity index (χ0) is 30.9. The fraction of sp³-hybridized carbons (Fsp3) is 0.0213. The molecule has 2 aliphatic carbocycles. The molecule has 0 heterocycles. The molecule has 2 aliphatic rings. The van der Waals surface area contributed by atoms with Crippen LogP contribution in [0.5, 0.6) is 0 Å². The predicted molar refractivity (Wildman–Crippen MR) is 200 cm³/mol. The van der Waals surface area contributed by atoms with Crippen LogP contribution in [0.15, 0.2) is 164 Å². The molecular weight excluding hydrogens is 727 g/mol. The van der Waals surface area contributed by atoms with E-state index in [4.69, 9.17) is 0 Å². The summed E-state index contributed by atoms with van der Waals surface area (Å²) in [5.74, 6) is 0. The summed E-state index contributed by atoms with van der Waals surface area (Å²) in [5.41, 5.74) is 10.2. The first-order valence-electron chi connectivity index (χ1n) is 16.4. The van der Waals surface area contributed by atoms with Crippen LogP contribution in [0.1, 0.15) is 28.7 Å².